The minimum Gasteiger partial charge on any atom is -0.300 e. The maximum atomic E-state index is 5.16. The molecule has 0 aromatic rings. The molecule has 0 saturated carbocycles. The summed E-state index contributed by atoms with van der Waals surface area (Å²) < 4.78 is 5.16. The van der Waals surface area contributed by atoms with Crippen molar-refractivity contribution in [3.8, 4) is 0 Å². The first-order valence-electron chi connectivity index (χ1n) is 3.79. The van der Waals surface area contributed by atoms with Crippen LogP contribution < -0.4 is 5.32 Å². The van der Waals surface area contributed by atoms with E-state index in [1.165, 1.54) is 12.0 Å². The molecule has 0 aromatic carbocycles. The zero-order valence-corrected chi connectivity index (χ0v) is 7.83. The van der Waals surface area contributed by atoms with Crippen LogP contribution in [0.2, 0.25) is 0 Å². The minimum atomic E-state index is 0. The van der Waals surface area contributed by atoms with Gasteiger partial charge in [0.05, 0.1) is 0 Å². The van der Waals surface area contributed by atoms with Crippen LogP contribution in [0.4, 0.5) is 0 Å². The van der Waals surface area contributed by atoms with Gasteiger partial charge in [0.25, 0.3) is 0 Å². The van der Waals surface area contributed by atoms with E-state index in [1.807, 2.05) is 0 Å². The van der Waals surface area contributed by atoms with E-state index in [-0.39, 0.29) is 7.43 Å². The highest BCUT2D eigenvalue weighted by Gasteiger charge is 1.94. The molecule has 0 aromatic heterocycles. The Hall–Kier alpha value is 0.270. The van der Waals surface area contributed by atoms with Crippen molar-refractivity contribution >= 4 is 12.0 Å². The fourth-order valence-corrected chi connectivity index (χ4v) is 0.764. The van der Waals surface area contributed by atoms with Gasteiger partial charge in [0.2, 0.25) is 0 Å². The first kappa shape index (κ1) is 13.8. The summed E-state index contributed by atoms with van der Waals surface area (Å²) in [5.74, 6) is 1.02. The van der Waals surface area contributed by atoms with Crippen LogP contribution in [-0.4, -0.2) is 18.5 Å². The van der Waals surface area contributed by atoms with Crippen molar-refractivity contribution in [1.29, 1.82) is 0 Å². The van der Waals surface area contributed by atoms with Gasteiger partial charge >= 0.3 is 0 Å². The summed E-state index contributed by atoms with van der Waals surface area (Å²) in [5, 5.41) is 3.22. The van der Waals surface area contributed by atoms with Crippen molar-refractivity contribution in [3.05, 3.63) is 0 Å². The molecule has 70 valence electrons. The summed E-state index contributed by atoms with van der Waals surface area (Å²) in [7, 11) is 0. The largest absolute Gasteiger partial charge is 0.300 e. The van der Waals surface area contributed by atoms with Gasteiger partial charge in [-0.1, -0.05) is 21.3 Å². The van der Waals surface area contributed by atoms with Crippen LogP contribution in [0.15, 0.2) is 0 Å². The van der Waals surface area contributed by atoms with Gasteiger partial charge in [-0.15, -0.1) is 0 Å². The molecule has 0 aliphatic rings. The number of hydrogen-bond acceptors (Lipinski definition) is 3. The molecule has 0 aliphatic heterocycles. The Morgan fingerprint density at radius 1 is 1.45 bits per heavy atom. The van der Waals surface area contributed by atoms with E-state index in [1.54, 1.807) is 0 Å². The fourth-order valence-electron chi connectivity index (χ4n) is 0.446. The first-order chi connectivity index (χ1) is 4.81. The topological polar surface area (TPSA) is 21.3 Å². The Kier molecular flexibility index (Phi) is 12.9. The molecule has 0 amide bonds. The molecular formula is C8H21NOS. The molecule has 0 bridgehead atoms. The second kappa shape index (κ2) is 10.3. The van der Waals surface area contributed by atoms with Crippen molar-refractivity contribution in [1.82, 2.24) is 5.32 Å². The zero-order chi connectivity index (χ0) is 7.82. The van der Waals surface area contributed by atoms with Crippen LogP contribution >= 0.6 is 12.0 Å². The molecule has 0 spiro atoms. The van der Waals surface area contributed by atoms with Crippen LogP contribution in [0.3, 0.4) is 0 Å². The van der Waals surface area contributed by atoms with Crippen LogP contribution in [0.5, 0.6) is 0 Å². The van der Waals surface area contributed by atoms with E-state index in [4.69, 9.17) is 4.18 Å². The Morgan fingerprint density at radius 3 is 2.55 bits per heavy atom. The lowest BCUT2D eigenvalue weighted by atomic mass is 10.3. The van der Waals surface area contributed by atoms with E-state index < -0.39 is 0 Å². The van der Waals surface area contributed by atoms with Gasteiger partial charge in [0.15, 0.2) is 0 Å². The summed E-state index contributed by atoms with van der Waals surface area (Å²) in [5.41, 5.74) is 0. The molecule has 0 rings (SSSR count). The molecule has 2 nitrogen and oxygen atoms in total. The second-order valence-corrected chi connectivity index (χ2v) is 3.23. The Labute approximate surface area is 75.3 Å². The highest BCUT2D eigenvalue weighted by molar-refractivity contribution is 7.94. The van der Waals surface area contributed by atoms with E-state index >= 15 is 0 Å². The summed E-state index contributed by atoms with van der Waals surface area (Å²) in [6, 6.07) is 0.567. The second-order valence-electron chi connectivity index (χ2n) is 2.18. The van der Waals surface area contributed by atoms with Crippen LogP contribution in [0.1, 0.15) is 34.6 Å². The smallest absolute Gasteiger partial charge is 0.112 e. The first-order valence-corrected chi connectivity index (χ1v) is 4.70. The molecule has 11 heavy (non-hydrogen) atoms. The van der Waals surface area contributed by atoms with Crippen molar-refractivity contribution in [2.24, 2.45) is 0 Å². The lowest BCUT2D eigenvalue weighted by molar-refractivity contribution is 0.306. The van der Waals surface area contributed by atoms with Crippen molar-refractivity contribution in [3.63, 3.8) is 0 Å². The number of rotatable bonds is 6. The molecule has 1 N–H and O–H groups in total. The third-order valence-corrected chi connectivity index (χ3v) is 1.82. The Morgan fingerprint density at radius 2 is 2.09 bits per heavy atom. The summed E-state index contributed by atoms with van der Waals surface area (Å²) in [6.45, 7) is 7.05. The van der Waals surface area contributed by atoms with Crippen LogP contribution in [0, 0.1) is 0 Å². The highest BCUT2D eigenvalue weighted by Crippen LogP contribution is 1.98. The van der Waals surface area contributed by atoms with E-state index in [2.05, 4.69) is 26.1 Å². The predicted octanol–water partition coefficient (Wildman–Crippen LogP) is 2.65. The SMILES string of the molecule is C.CCSOCNC(C)CC. The molecule has 0 heterocycles. The van der Waals surface area contributed by atoms with E-state index in [9.17, 15) is 0 Å². The van der Waals surface area contributed by atoms with Gasteiger partial charge < -0.3 is 4.18 Å². The lowest BCUT2D eigenvalue weighted by Crippen LogP contribution is -2.26. The molecule has 0 radical (unpaired) electrons. The maximum absolute atomic E-state index is 5.16. The summed E-state index contributed by atoms with van der Waals surface area (Å²) >= 11 is 1.50. The monoisotopic (exact) mass is 179 g/mol. The van der Waals surface area contributed by atoms with Crippen molar-refractivity contribution < 1.29 is 4.18 Å². The number of nitrogens with one attached hydrogen (secondary N) is 1. The van der Waals surface area contributed by atoms with Gasteiger partial charge in [-0.2, -0.15) is 0 Å². The van der Waals surface area contributed by atoms with Crippen LogP contribution in [-0.2, 0) is 4.18 Å². The summed E-state index contributed by atoms with van der Waals surface area (Å²) in [4.78, 5) is 0. The lowest BCUT2D eigenvalue weighted by Gasteiger charge is -2.09. The highest BCUT2D eigenvalue weighted by atomic mass is 32.2. The van der Waals surface area contributed by atoms with Crippen LogP contribution in [0.25, 0.3) is 0 Å². The van der Waals surface area contributed by atoms with Gasteiger partial charge in [0.1, 0.15) is 6.73 Å². The average Bonchev–Trinajstić information content (AvgIpc) is 1.98. The van der Waals surface area contributed by atoms with Crippen molar-refractivity contribution in [2.75, 3.05) is 12.5 Å². The van der Waals surface area contributed by atoms with Crippen molar-refractivity contribution in [2.45, 2.75) is 40.7 Å². The molecule has 3 heteroatoms. The Bertz CT molecular complexity index is 71.1. The third kappa shape index (κ3) is 10.3. The van der Waals surface area contributed by atoms with E-state index in [0.29, 0.717) is 12.8 Å². The standard InChI is InChI=1S/C7H17NOS.CH4/c1-4-7(3)8-6-9-10-5-2;/h7-8H,4-6H2,1-3H3;1H4. The fraction of sp³-hybridized carbons (Fsp3) is 1.00. The average molecular weight is 179 g/mol. The van der Waals surface area contributed by atoms with Gasteiger partial charge in [-0.3, -0.25) is 5.32 Å². The molecule has 1 atom stereocenters. The summed E-state index contributed by atoms with van der Waals surface area (Å²) in [6.07, 6.45) is 1.15. The molecule has 1 unspecified atom stereocenters. The quantitative estimate of drug-likeness (QED) is 0.385. The number of hydrogen-bond donors (Lipinski definition) is 1. The van der Waals surface area contributed by atoms with Gasteiger partial charge in [0, 0.05) is 11.8 Å². The molecule has 0 fully saturated rings. The Balaban J connectivity index is 0. The molecule has 0 aliphatic carbocycles. The zero-order valence-electron chi connectivity index (χ0n) is 7.02. The molecular weight excluding hydrogens is 158 g/mol. The molecule has 0 saturated heterocycles. The minimum absolute atomic E-state index is 0. The normalized spacial score (nSPS) is 12.3. The predicted molar refractivity (Wildman–Crippen MR) is 53.7 cm³/mol. The van der Waals surface area contributed by atoms with E-state index in [0.717, 1.165) is 12.2 Å². The third-order valence-electron chi connectivity index (χ3n) is 1.30. The van der Waals surface area contributed by atoms with Gasteiger partial charge in [-0.25, -0.2) is 0 Å². The van der Waals surface area contributed by atoms with Gasteiger partial charge in [-0.05, 0) is 25.4 Å². The maximum Gasteiger partial charge on any atom is 0.112 e.